The summed E-state index contributed by atoms with van der Waals surface area (Å²) in [6.45, 7) is 3.21. The van der Waals surface area contributed by atoms with Crippen LogP contribution in [0.1, 0.15) is 34.0 Å². The van der Waals surface area contributed by atoms with E-state index in [9.17, 15) is 9.90 Å². The summed E-state index contributed by atoms with van der Waals surface area (Å²) in [5.74, 6) is -1.19. The highest BCUT2D eigenvalue weighted by Gasteiger charge is 2.13. The number of aromatic carboxylic acids is 1. The molecule has 0 atom stereocenters. The first kappa shape index (κ1) is 21.8. The van der Waals surface area contributed by atoms with Crippen LogP contribution >= 0.6 is 23.8 Å². The average Bonchev–Trinajstić information content (AvgIpc) is 2.75. The summed E-state index contributed by atoms with van der Waals surface area (Å²) in [6.07, 6.45) is 0.896. The Bertz CT molecular complexity index is 1020. The number of carbonyl (C=O) groups excluding carboxylic acids is 1. The van der Waals surface area contributed by atoms with Gasteiger partial charge in [-0.3, -0.25) is 0 Å². The van der Waals surface area contributed by atoms with Crippen molar-refractivity contribution in [2.45, 2.75) is 26.4 Å². The van der Waals surface area contributed by atoms with Gasteiger partial charge in [0.05, 0.1) is 5.97 Å². The Morgan fingerprint density at radius 2 is 1.53 bits per heavy atom. The molecule has 30 heavy (non-hydrogen) atoms. The molecule has 3 aromatic carbocycles. The third-order valence-electron chi connectivity index (χ3n) is 4.78. The maximum atomic E-state index is 11.0. The number of benzene rings is 3. The summed E-state index contributed by atoms with van der Waals surface area (Å²) in [5.41, 5.74) is 4.34. The van der Waals surface area contributed by atoms with Gasteiger partial charge < -0.3 is 20.1 Å². The van der Waals surface area contributed by atoms with Crippen LogP contribution in [0.4, 0.5) is 5.69 Å². The SMILES string of the molecule is CCc1ccccc1NC(=S)N(Cc1ccc(Cl)cc1)Cc1ccc(C(=O)[O-])cc1. The normalized spacial score (nSPS) is 10.5. The molecule has 0 aliphatic carbocycles. The first-order valence-corrected chi connectivity index (χ1v) is 10.4. The van der Waals surface area contributed by atoms with E-state index >= 15 is 0 Å². The molecule has 0 unspecified atom stereocenters. The number of aryl methyl sites for hydroxylation is 1. The number of anilines is 1. The van der Waals surface area contributed by atoms with E-state index in [4.69, 9.17) is 23.8 Å². The van der Waals surface area contributed by atoms with Gasteiger partial charge in [-0.05, 0) is 59.1 Å². The van der Waals surface area contributed by atoms with Crippen molar-refractivity contribution >= 4 is 40.6 Å². The molecule has 0 aliphatic rings. The first-order chi connectivity index (χ1) is 14.5. The summed E-state index contributed by atoms with van der Waals surface area (Å²) >= 11 is 11.8. The van der Waals surface area contributed by atoms with E-state index in [1.807, 2.05) is 47.4 Å². The summed E-state index contributed by atoms with van der Waals surface area (Å²) in [6, 6.07) is 22.4. The van der Waals surface area contributed by atoms with Crippen molar-refractivity contribution in [2.75, 3.05) is 5.32 Å². The molecule has 3 aromatic rings. The number of hydrogen-bond donors (Lipinski definition) is 1. The molecule has 0 aromatic heterocycles. The lowest BCUT2D eigenvalue weighted by Gasteiger charge is -2.27. The van der Waals surface area contributed by atoms with Crippen LogP contribution in [0.2, 0.25) is 5.02 Å². The number of halogens is 1. The molecule has 0 bridgehead atoms. The van der Waals surface area contributed by atoms with Crippen molar-refractivity contribution in [1.82, 2.24) is 4.90 Å². The van der Waals surface area contributed by atoms with Crippen molar-refractivity contribution in [3.8, 4) is 0 Å². The van der Waals surface area contributed by atoms with Gasteiger partial charge in [0.1, 0.15) is 0 Å². The summed E-state index contributed by atoms with van der Waals surface area (Å²) < 4.78 is 0. The van der Waals surface area contributed by atoms with Gasteiger partial charge >= 0.3 is 0 Å². The Hall–Kier alpha value is -2.89. The summed E-state index contributed by atoms with van der Waals surface area (Å²) in [4.78, 5) is 13.1. The molecule has 0 radical (unpaired) electrons. The van der Waals surface area contributed by atoms with Gasteiger partial charge in [0, 0.05) is 23.8 Å². The molecule has 0 saturated carbocycles. The van der Waals surface area contributed by atoms with E-state index in [2.05, 4.69) is 18.3 Å². The van der Waals surface area contributed by atoms with Crippen molar-refractivity contribution in [3.05, 3.63) is 100 Å². The van der Waals surface area contributed by atoms with Gasteiger partial charge in [-0.2, -0.15) is 0 Å². The van der Waals surface area contributed by atoms with E-state index in [-0.39, 0.29) is 5.56 Å². The molecule has 154 valence electrons. The Kier molecular flexibility index (Phi) is 7.44. The highest BCUT2D eigenvalue weighted by molar-refractivity contribution is 7.80. The molecule has 0 saturated heterocycles. The van der Waals surface area contributed by atoms with Crippen LogP contribution in [0.3, 0.4) is 0 Å². The quantitative estimate of drug-likeness (QED) is 0.544. The number of carboxylic acid groups (broad SMARTS) is 1. The van der Waals surface area contributed by atoms with Gasteiger partial charge in [-0.1, -0.05) is 73.1 Å². The predicted octanol–water partition coefficient (Wildman–Crippen LogP) is 4.67. The minimum absolute atomic E-state index is 0.153. The van der Waals surface area contributed by atoms with Crippen LogP contribution in [0, 0.1) is 0 Å². The van der Waals surface area contributed by atoms with Crippen LogP contribution in [0.25, 0.3) is 0 Å². The topological polar surface area (TPSA) is 55.4 Å². The molecule has 0 amide bonds. The number of nitrogens with zero attached hydrogens (tertiary/aromatic N) is 1. The van der Waals surface area contributed by atoms with Gasteiger partial charge in [0.2, 0.25) is 0 Å². The number of hydrogen-bond acceptors (Lipinski definition) is 3. The second-order valence-corrected chi connectivity index (χ2v) is 7.73. The molecule has 0 heterocycles. The standard InChI is InChI=1S/C24H23ClN2O2S/c1-2-19-5-3-4-6-22(19)26-24(30)27(16-18-9-13-21(25)14-10-18)15-17-7-11-20(12-8-17)23(28)29/h3-14H,2,15-16H2,1H3,(H,26,30)(H,28,29)/p-1. The Morgan fingerprint density at radius 1 is 0.967 bits per heavy atom. The first-order valence-electron chi connectivity index (χ1n) is 9.65. The Morgan fingerprint density at radius 3 is 2.10 bits per heavy atom. The van der Waals surface area contributed by atoms with Crippen LogP contribution in [0.5, 0.6) is 0 Å². The highest BCUT2D eigenvalue weighted by atomic mass is 35.5. The van der Waals surface area contributed by atoms with Crippen molar-refractivity contribution < 1.29 is 9.90 Å². The van der Waals surface area contributed by atoms with E-state index in [0.717, 1.165) is 23.2 Å². The van der Waals surface area contributed by atoms with Crippen molar-refractivity contribution in [1.29, 1.82) is 0 Å². The lowest BCUT2D eigenvalue weighted by Crippen LogP contribution is -2.34. The number of carboxylic acids is 1. The number of rotatable bonds is 7. The number of carbonyl (C=O) groups is 1. The van der Waals surface area contributed by atoms with Gasteiger partial charge in [-0.15, -0.1) is 0 Å². The molecular formula is C24H22ClN2O2S-. The summed E-state index contributed by atoms with van der Waals surface area (Å²) in [7, 11) is 0. The fourth-order valence-corrected chi connectivity index (χ4v) is 3.49. The number of para-hydroxylation sites is 1. The zero-order valence-corrected chi connectivity index (χ0v) is 18.2. The van der Waals surface area contributed by atoms with E-state index in [1.165, 1.54) is 5.56 Å². The van der Waals surface area contributed by atoms with Crippen molar-refractivity contribution in [3.63, 3.8) is 0 Å². The molecular weight excluding hydrogens is 416 g/mol. The average molecular weight is 438 g/mol. The summed E-state index contributed by atoms with van der Waals surface area (Å²) in [5, 5.41) is 15.7. The monoisotopic (exact) mass is 437 g/mol. The minimum atomic E-state index is -1.19. The maximum absolute atomic E-state index is 11.0. The van der Waals surface area contributed by atoms with Gasteiger partial charge in [0.15, 0.2) is 5.11 Å². The number of nitrogens with one attached hydrogen (secondary N) is 1. The van der Waals surface area contributed by atoms with Crippen LogP contribution in [0.15, 0.2) is 72.8 Å². The number of thiocarbonyl (C=S) groups is 1. The Labute approximate surface area is 187 Å². The molecule has 6 heteroatoms. The fraction of sp³-hybridized carbons (Fsp3) is 0.167. The highest BCUT2D eigenvalue weighted by Crippen LogP contribution is 2.19. The molecule has 0 spiro atoms. The lowest BCUT2D eigenvalue weighted by molar-refractivity contribution is -0.255. The fourth-order valence-electron chi connectivity index (χ4n) is 3.12. The second kappa shape index (κ2) is 10.2. The molecule has 4 nitrogen and oxygen atoms in total. The van der Waals surface area contributed by atoms with Crippen molar-refractivity contribution in [2.24, 2.45) is 0 Å². The van der Waals surface area contributed by atoms with Gasteiger partial charge in [-0.25, -0.2) is 0 Å². The largest absolute Gasteiger partial charge is 0.545 e. The third kappa shape index (κ3) is 5.81. The van der Waals surface area contributed by atoms with E-state index in [0.29, 0.717) is 23.2 Å². The molecule has 3 rings (SSSR count). The second-order valence-electron chi connectivity index (χ2n) is 6.91. The molecule has 0 fully saturated rings. The molecule has 0 aliphatic heterocycles. The van der Waals surface area contributed by atoms with E-state index < -0.39 is 5.97 Å². The van der Waals surface area contributed by atoms with Crippen LogP contribution < -0.4 is 10.4 Å². The van der Waals surface area contributed by atoms with Crippen LogP contribution in [-0.4, -0.2) is 16.0 Å². The molecule has 1 N–H and O–H groups in total. The van der Waals surface area contributed by atoms with Crippen LogP contribution in [-0.2, 0) is 19.5 Å². The lowest BCUT2D eigenvalue weighted by atomic mass is 10.1. The zero-order valence-electron chi connectivity index (χ0n) is 16.6. The Balaban J connectivity index is 1.83. The smallest absolute Gasteiger partial charge is 0.174 e. The maximum Gasteiger partial charge on any atom is 0.174 e. The predicted molar refractivity (Wildman–Crippen MR) is 124 cm³/mol. The third-order valence-corrected chi connectivity index (χ3v) is 5.39. The zero-order chi connectivity index (χ0) is 21.5. The van der Waals surface area contributed by atoms with Gasteiger partial charge in [0.25, 0.3) is 0 Å². The minimum Gasteiger partial charge on any atom is -0.545 e. The van der Waals surface area contributed by atoms with E-state index in [1.54, 1.807) is 24.3 Å².